The smallest absolute Gasteiger partial charge is 0.230 e. The van der Waals surface area contributed by atoms with Crippen molar-refractivity contribution in [3.63, 3.8) is 0 Å². The highest BCUT2D eigenvalue weighted by atomic mass is 16.5. The van der Waals surface area contributed by atoms with Crippen LogP contribution in [0.3, 0.4) is 0 Å². The molecule has 0 saturated heterocycles. The molecule has 5 heteroatoms. The Balaban J connectivity index is 2.08. The number of furan rings is 1. The molecule has 0 amide bonds. The number of ketones is 1. The highest BCUT2D eigenvalue weighted by Crippen LogP contribution is 2.32. The third kappa shape index (κ3) is 2.16. The molecule has 1 heterocycles. The molecule has 22 heavy (non-hydrogen) atoms. The molecule has 3 aromatic rings. The molecular weight excluding hydrogens is 282 g/mol. The average Bonchev–Trinajstić information content (AvgIpc) is 2.91. The molecule has 0 aliphatic heterocycles. The van der Waals surface area contributed by atoms with Crippen LogP contribution in [0, 0.1) is 0 Å². The molecule has 0 saturated carbocycles. The molecule has 5 nitrogen and oxygen atoms in total. The van der Waals surface area contributed by atoms with E-state index in [1.54, 1.807) is 24.3 Å². The lowest BCUT2D eigenvalue weighted by molar-refractivity contribution is 0.101. The van der Waals surface area contributed by atoms with E-state index in [-0.39, 0.29) is 11.5 Å². The lowest BCUT2D eigenvalue weighted by atomic mass is 10.1. The second-order valence-corrected chi connectivity index (χ2v) is 4.74. The monoisotopic (exact) mass is 297 g/mol. The van der Waals surface area contributed by atoms with Crippen molar-refractivity contribution in [2.75, 3.05) is 20.0 Å². The summed E-state index contributed by atoms with van der Waals surface area (Å²) < 4.78 is 16.0. The van der Waals surface area contributed by atoms with E-state index in [4.69, 9.17) is 19.6 Å². The highest BCUT2D eigenvalue weighted by molar-refractivity contribution is 6.14. The number of anilines is 1. The molecule has 2 aromatic carbocycles. The Bertz CT molecular complexity index is 851. The van der Waals surface area contributed by atoms with Gasteiger partial charge in [-0.3, -0.25) is 4.79 Å². The van der Waals surface area contributed by atoms with Crippen LogP contribution in [0.2, 0.25) is 0 Å². The standard InChI is InChI=1S/C17H15NO4/c1-20-13-8-7-10(9-14(13)21-2)16(19)17-15(18)11-5-3-4-6-12(11)22-17/h3-9H,18H2,1-2H3. The van der Waals surface area contributed by atoms with Gasteiger partial charge in [0.25, 0.3) is 0 Å². The van der Waals surface area contributed by atoms with Crippen molar-refractivity contribution in [3.8, 4) is 11.5 Å². The number of hydrogen-bond acceptors (Lipinski definition) is 5. The fourth-order valence-corrected chi connectivity index (χ4v) is 2.34. The van der Waals surface area contributed by atoms with Crippen molar-refractivity contribution in [1.82, 2.24) is 0 Å². The van der Waals surface area contributed by atoms with Crippen molar-refractivity contribution in [1.29, 1.82) is 0 Å². The van der Waals surface area contributed by atoms with Gasteiger partial charge in [0.2, 0.25) is 5.78 Å². The molecule has 0 spiro atoms. The Labute approximate surface area is 127 Å². The third-order valence-electron chi connectivity index (χ3n) is 3.49. The number of para-hydroxylation sites is 1. The van der Waals surface area contributed by atoms with E-state index in [9.17, 15) is 4.79 Å². The van der Waals surface area contributed by atoms with Gasteiger partial charge in [0, 0.05) is 10.9 Å². The summed E-state index contributed by atoms with van der Waals surface area (Å²) in [5, 5.41) is 0.728. The van der Waals surface area contributed by atoms with Gasteiger partial charge in [-0.05, 0) is 30.3 Å². The topological polar surface area (TPSA) is 74.7 Å². The first-order valence-electron chi connectivity index (χ1n) is 6.69. The Morgan fingerprint density at radius 3 is 2.45 bits per heavy atom. The van der Waals surface area contributed by atoms with Gasteiger partial charge >= 0.3 is 0 Å². The van der Waals surface area contributed by atoms with Crippen LogP contribution in [0.15, 0.2) is 46.9 Å². The van der Waals surface area contributed by atoms with Crippen LogP contribution in [-0.2, 0) is 0 Å². The summed E-state index contributed by atoms with van der Waals surface area (Å²) in [4.78, 5) is 12.6. The summed E-state index contributed by atoms with van der Waals surface area (Å²) in [5.74, 6) is 0.864. The zero-order valence-corrected chi connectivity index (χ0v) is 12.3. The molecular formula is C17H15NO4. The summed E-state index contributed by atoms with van der Waals surface area (Å²) in [6, 6.07) is 12.2. The summed E-state index contributed by atoms with van der Waals surface area (Å²) in [5.41, 5.74) is 7.38. The zero-order chi connectivity index (χ0) is 15.7. The Hall–Kier alpha value is -2.95. The maximum atomic E-state index is 12.6. The number of fused-ring (bicyclic) bond motifs is 1. The van der Waals surface area contributed by atoms with E-state index in [0.717, 1.165) is 5.39 Å². The third-order valence-corrected chi connectivity index (χ3v) is 3.49. The molecule has 3 rings (SSSR count). The van der Waals surface area contributed by atoms with E-state index in [0.29, 0.717) is 28.3 Å². The van der Waals surface area contributed by atoms with Gasteiger partial charge in [0.05, 0.1) is 19.9 Å². The van der Waals surface area contributed by atoms with Crippen molar-refractivity contribution in [2.45, 2.75) is 0 Å². The number of benzene rings is 2. The van der Waals surface area contributed by atoms with Gasteiger partial charge in [-0.15, -0.1) is 0 Å². The van der Waals surface area contributed by atoms with E-state index in [1.807, 2.05) is 18.2 Å². The normalized spacial score (nSPS) is 10.6. The fraction of sp³-hybridized carbons (Fsp3) is 0.118. The van der Waals surface area contributed by atoms with Crippen LogP contribution in [0.1, 0.15) is 16.1 Å². The fourth-order valence-electron chi connectivity index (χ4n) is 2.34. The molecule has 1 aromatic heterocycles. The lowest BCUT2D eigenvalue weighted by Gasteiger charge is -2.08. The first-order chi connectivity index (χ1) is 10.7. The molecule has 0 aliphatic rings. The summed E-state index contributed by atoms with van der Waals surface area (Å²) in [6.07, 6.45) is 0. The highest BCUT2D eigenvalue weighted by Gasteiger charge is 2.21. The summed E-state index contributed by atoms with van der Waals surface area (Å²) >= 11 is 0. The predicted molar refractivity (Wildman–Crippen MR) is 83.6 cm³/mol. The molecule has 0 fully saturated rings. The minimum Gasteiger partial charge on any atom is -0.493 e. The van der Waals surface area contributed by atoms with Gasteiger partial charge in [0.15, 0.2) is 17.3 Å². The SMILES string of the molecule is COc1ccc(C(=O)c2oc3ccccc3c2N)cc1OC. The number of methoxy groups -OCH3 is 2. The van der Waals surface area contributed by atoms with Crippen molar-refractivity contribution in [2.24, 2.45) is 0 Å². The van der Waals surface area contributed by atoms with Crippen LogP contribution in [0.4, 0.5) is 5.69 Å². The summed E-state index contributed by atoms with van der Waals surface area (Å²) in [6.45, 7) is 0. The Kier molecular flexibility index (Phi) is 3.47. The quantitative estimate of drug-likeness (QED) is 0.748. The molecule has 0 radical (unpaired) electrons. The Morgan fingerprint density at radius 1 is 1.05 bits per heavy atom. The molecule has 0 bridgehead atoms. The van der Waals surface area contributed by atoms with Gasteiger partial charge < -0.3 is 19.6 Å². The van der Waals surface area contributed by atoms with Crippen molar-refractivity contribution in [3.05, 3.63) is 53.8 Å². The number of rotatable bonds is 4. The van der Waals surface area contributed by atoms with Crippen LogP contribution in [-0.4, -0.2) is 20.0 Å². The molecule has 0 atom stereocenters. The first kappa shape index (κ1) is 14.0. The number of nitrogen functional groups attached to an aromatic ring is 1. The molecule has 112 valence electrons. The average molecular weight is 297 g/mol. The second kappa shape index (κ2) is 5.44. The van der Waals surface area contributed by atoms with Crippen molar-refractivity contribution < 1.29 is 18.7 Å². The minimum atomic E-state index is -0.297. The maximum absolute atomic E-state index is 12.6. The van der Waals surface area contributed by atoms with Crippen LogP contribution in [0.25, 0.3) is 11.0 Å². The van der Waals surface area contributed by atoms with E-state index in [2.05, 4.69) is 0 Å². The number of nitrogens with two attached hydrogens (primary N) is 1. The Morgan fingerprint density at radius 2 is 1.77 bits per heavy atom. The van der Waals surface area contributed by atoms with E-state index in [1.165, 1.54) is 14.2 Å². The number of carbonyl (C=O) groups excluding carboxylic acids is 1. The summed E-state index contributed by atoms with van der Waals surface area (Å²) in [7, 11) is 3.05. The molecule has 2 N–H and O–H groups in total. The predicted octanol–water partition coefficient (Wildman–Crippen LogP) is 3.26. The zero-order valence-electron chi connectivity index (χ0n) is 12.3. The van der Waals surface area contributed by atoms with Crippen LogP contribution in [0.5, 0.6) is 11.5 Å². The lowest BCUT2D eigenvalue weighted by Crippen LogP contribution is -2.04. The largest absolute Gasteiger partial charge is 0.493 e. The van der Waals surface area contributed by atoms with Crippen molar-refractivity contribution >= 4 is 22.4 Å². The van der Waals surface area contributed by atoms with Gasteiger partial charge in [0.1, 0.15) is 5.58 Å². The van der Waals surface area contributed by atoms with Crippen LogP contribution >= 0.6 is 0 Å². The van der Waals surface area contributed by atoms with Crippen LogP contribution < -0.4 is 15.2 Å². The van der Waals surface area contributed by atoms with Gasteiger partial charge in [-0.25, -0.2) is 0 Å². The van der Waals surface area contributed by atoms with Gasteiger partial charge in [-0.2, -0.15) is 0 Å². The second-order valence-electron chi connectivity index (χ2n) is 4.74. The maximum Gasteiger partial charge on any atom is 0.230 e. The number of hydrogen-bond donors (Lipinski definition) is 1. The molecule has 0 unspecified atom stereocenters. The molecule has 0 aliphatic carbocycles. The number of ether oxygens (including phenoxy) is 2. The van der Waals surface area contributed by atoms with E-state index >= 15 is 0 Å². The first-order valence-corrected chi connectivity index (χ1v) is 6.69. The minimum absolute atomic E-state index is 0.133. The number of carbonyl (C=O) groups is 1. The van der Waals surface area contributed by atoms with E-state index < -0.39 is 0 Å². The van der Waals surface area contributed by atoms with Gasteiger partial charge in [-0.1, -0.05) is 12.1 Å².